The molecule has 0 aliphatic heterocycles. The van der Waals surface area contributed by atoms with E-state index in [1.54, 1.807) is 12.1 Å². The molecule has 0 fully saturated rings. The van der Waals surface area contributed by atoms with Gasteiger partial charge < -0.3 is 5.32 Å². The Bertz CT molecular complexity index is 527. The monoisotopic (exact) mass is 270 g/mol. The van der Waals surface area contributed by atoms with Gasteiger partial charge in [-0.1, -0.05) is 17.7 Å². The summed E-state index contributed by atoms with van der Waals surface area (Å²) < 4.78 is 13.8. The van der Waals surface area contributed by atoms with Gasteiger partial charge in [-0.25, -0.2) is 9.37 Å². The van der Waals surface area contributed by atoms with Crippen molar-refractivity contribution in [3.8, 4) is 10.6 Å². The molecule has 1 heterocycles. The summed E-state index contributed by atoms with van der Waals surface area (Å²) in [4.78, 5) is 4.41. The topological polar surface area (TPSA) is 24.9 Å². The van der Waals surface area contributed by atoms with Gasteiger partial charge in [0, 0.05) is 17.0 Å². The molecule has 2 nitrogen and oxygen atoms in total. The van der Waals surface area contributed by atoms with Crippen molar-refractivity contribution < 1.29 is 4.39 Å². The molecule has 5 heteroatoms. The zero-order valence-corrected chi connectivity index (χ0v) is 11.1. The second-order valence-electron chi connectivity index (χ2n) is 3.69. The summed E-state index contributed by atoms with van der Waals surface area (Å²) in [5.74, 6) is -0.410. The highest BCUT2D eigenvalue weighted by Crippen LogP contribution is 2.31. The van der Waals surface area contributed by atoms with E-state index in [4.69, 9.17) is 11.6 Å². The molecule has 1 unspecified atom stereocenters. The van der Waals surface area contributed by atoms with E-state index in [2.05, 4.69) is 10.3 Å². The van der Waals surface area contributed by atoms with Crippen molar-refractivity contribution in [1.82, 2.24) is 10.3 Å². The lowest BCUT2D eigenvalue weighted by molar-refractivity contribution is 0.628. The van der Waals surface area contributed by atoms with Crippen LogP contribution in [0.25, 0.3) is 10.6 Å². The van der Waals surface area contributed by atoms with Gasteiger partial charge in [-0.3, -0.25) is 0 Å². The number of rotatable bonds is 3. The maximum absolute atomic E-state index is 13.8. The van der Waals surface area contributed by atoms with Gasteiger partial charge in [0.15, 0.2) is 5.82 Å². The lowest BCUT2D eigenvalue weighted by atomic mass is 10.2. The van der Waals surface area contributed by atoms with Crippen LogP contribution in [0.5, 0.6) is 0 Å². The number of benzene rings is 1. The van der Waals surface area contributed by atoms with Gasteiger partial charge in [-0.15, -0.1) is 11.3 Å². The number of nitrogens with one attached hydrogen (secondary N) is 1. The van der Waals surface area contributed by atoms with Crippen molar-refractivity contribution in [3.05, 3.63) is 40.1 Å². The van der Waals surface area contributed by atoms with Crippen molar-refractivity contribution in [2.24, 2.45) is 0 Å². The maximum atomic E-state index is 13.8. The smallest absolute Gasteiger partial charge is 0.152 e. The minimum atomic E-state index is -0.410. The lowest BCUT2D eigenvalue weighted by Gasteiger charge is -2.05. The van der Waals surface area contributed by atoms with Crippen molar-refractivity contribution in [2.75, 3.05) is 7.05 Å². The van der Waals surface area contributed by atoms with E-state index in [1.165, 1.54) is 17.4 Å². The van der Waals surface area contributed by atoms with Gasteiger partial charge in [-0.2, -0.15) is 0 Å². The standard InChI is InChI=1S/C12H12ClFN2S/c1-7(15-2)10-6-17-12(16-10)8-4-3-5-9(13)11(8)14/h3-7,15H,1-2H3. The molecule has 0 bridgehead atoms. The zero-order chi connectivity index (χ0) is 12.4. The molecule has 0 saturated heterocycles. The van der Waals surface area contributed by atoms with Gasteiger partial charge in [0.05, 0.1) is 10.7 Å². The molecule has 0 aliphatic rings. The average molecular weight is 271 g/mol. The second kappa shape index (κ2) is 5.12. The Kier molecular flexibility index (Phi) is 3.76. The zero-order valence-electron chi connectivity index (χ0n) is 9.50. The fourth-order valence-electron chi connectivity index (χ4n) is 1.43. The van der Waals surface area contributed by atoms with Gasteiger partial charge in [-0.05, 0) is 26.1 Å². The van der Waals surface area contributed by atoms with E-state index in [0.29, 0.717) is 10.6 Å². The Balaban J connectivity index is 2.40. The number of hydrogen-bond acceptors (Lipinski definition) is 3. The van der Waals surface area contributed by atoms with Crippen molar-refractivity contribution in [3.63, 3.8) is 0 Å². The fourth-order valence-corrected chi connectivity index (χ4v) is 2.53. The SMILES string of the molecule is CNC(C)c1csc(-c2cccc(Cl)c2F)n1. The largest absolute Gasteiger partial charge is 0.312 e. The molecule has 0 saturated carbocycles. The number of halogens is 2. The molecular weight excluding hydrogens is 259 g/mol. The van der Waals surface area contributed by atoms with Crippen LogP contribution in [-0.2, 0) is 0 Å². The minimum absolute atomic E-state index is 0.126. The lowest BCUT2D eigenvalue weighted by Crippen LogP contribution is -2.12. The van der Waals surface area contributed by atoms with Crippen molar-refractivity contribution in [1.29, 1.82) is 0 Å². The highest BCUT2D eigenvalue weighted by Gasteiger charge is 2.14. The molecule has 2 aromatic rings. The van der Waals surface area contributed by atoms with Crippen LogP contribution in [-0.4, -0.2) is 12.0 Å². The van der Waals surface area contributed by atoms with Gasteiger partial charge in [0.2, 0.25) is 0 Å². The molecule has 1 atom stereocenters. The first-order chi connectivity index (χ1) is 8.13. The Morgan fingerprint density at radius 3 is 2.94 bits per heavy atom. The summed E-state index contributed by atoms with van der Waals surface area (Å²) in [5.41, 5.74) is 1.36. The number of aromatic nitrogens is 1. The Morgan fingerprint density at radius 2 is 2.24 bits per heavy atom. The van der Waals surface area contributed by atoms with E-state index in [9.17, 15) is 4.39 Å². The first kappa shape index (κ1) is 12.5. The summed E-state index contributed by atoms with van der Waals surface area (Å²) in [6.45, 7) is 2.01. The average Bonchev–Trinajstić information content (AvgIpc) is 2.81. The Hall–Kier alpha value is -0.970. The Morgan fingerprint density at radius 1 is 1.47 bits per heavy atom. The molecule has 17 heavy (non-hydrogen) atoms. The molecule has 1 N–H and O–H groups in total. The van der Waals surface area contributed by atoms with Gasteiger partial charge >= 0.3 is 0 Å². The van der Waals surface area contributed by atoms with Crippen LogP contribution >= 0.6 is 22.9 Å². The molecule has 90 valence electrons. The molecule has 0 amide bonds. The Labute approximate surface area is 108 Å². The third-order valence-electron chi connectivity index (χ3n) is 2.58. The summed E-state index contributed by atoms with van der Waals surface area (Å²) in [5, 5.41) is 5.80. The summed E-state index contributed by atoms with van der Waals surface area (Å²) in [7, 11) is 1.86. The first-order valence-electron chi connectivity index (χ1n) is 5.20. The molecule has 1 aromatic carbocycles. The number of thiazole rings is 1. The molecular formula is C12H12ClFN2S. The highest BCUT2D eigenvalue weighted by molar-refractivity contribution is 7.13. The molecule has 2 rings (SSSR count). The quantitative estimate of drug-likeness (QED) is 0.915. The third-order valence-corrected chi connectivity index (χ3v) is 3.77. The van der Waals surface area contributed by atoms with Crippen molar-refractivity contribution in [2.45, 2.75) is 13.0 Å². The van der Waals surface area contributed by atoms with Crippen LogP contribution in [0.3, 0.4) is 0 Å². The predicted octanol–water partition coefficient (Wildman–Crippen LogP) is 3.88. The predicted molar refractivity (Wildman–Crippen MR) is 70.0 cm³/mol. The van der Waals surface area contributed by atoms with Gasteiger partial charge in [0.25, 0.3) is 0 Å². The third kappa shape index (κ3) is 2.49. The minimum Gasteiger partial charge on any atom is -0.312 e. The highest BCUT2D eigenvalue weighted by atomic mass is 35.5. The van der Waals surface area contributed by atoms with Crippen LogP contribution in [0.1, 0.15) is 18.7 Å². The van der Waals surface area contributed by atoms with E-state index in [-0.39, 0.29) is 11.1 Å². The molecule has 0 spiro atoms. The number of nitrogens with zero attached hydrogens (tertiary/aromatic N) is 1. The van der Waals surface area contributed by atoms with E-state index < -0.39 is 5.82 Å². The van der Waals surface area contributed by atoms with Crippen LogP contribution in [0.4, 0.5) is 4.39 Å². The summed E-state index contributed by atoms with van der Waals surface area (Å²) >= 11 is 7.17. The van der Waals surface area contributed by atoms with Crippen molar-refractivity contribution >= 4 is 22.9 Å². The normalized spacial score (nSPS) is 12.7. The van der Waals surface area contributed by atoms with E-state index in [0.717, 1.165) is 5.69 Å². The van der Waals surface area contributed by atoms with Crippen LogP contribution in [0.15, 0.2) is 23.6 Å². The van der Waals surface area contributed by atoms with Crippen LogP contribution < -0.4 is 5.32 Å². The first-order valence-corrected chi connectivity index (χ1v) is 6.46. The van der Waals surface area contributed by atoms with E-state index >= 15 is 0 Å². The summed E-state index contributed by atoms with van der Waals surface area (Å²) in [6.07, 6.45) is 0. The molecule has 1 aromatic heterocycles. The number of hydrogen-bond donors (Lipinski definition) is 1. The van der Waals surface area contributed by atoms with Crippen LogP contribution in [0.2, 0.25) is 5.02 Å². The maximum Gasteiger partial charge on any atom is 0.152 e. The van der Waals surface area contributed by atoms with Gasteiger partial charge in [0.1, 0.15) is 5.01 Å². The summed E-state index contributed by atoms with van der Waals surface area (Å²) in [6, 6.07) is 5.10. The molecule has 0 aliphatic carbocycles. The fraction of sp³-hybridized carbons (Fsp3) is 0.250. The second-order valence-corrected chi connectivity index (χ2v) is 4.95. The van der Waals surface area contributed by atoms with Crippen LogP contribution in [0, 0.1) is 5.82 Å². The molecule has 0 radical (unpaired) electrons. The van der Waals surface area contributed by atoms with E-state index in [1.807, 2.05) is 19.4 Å².